The minimum Gasteiger partial charge on any atom is -0.362 e. The van der Waals surface area contributed by atoms with Crippen LogP contribution in [0.15, 0.2) is 0 Å². The summed E-state index contributed by atoms with van der Waals surface area (Å²) in [5.41, 5.74) is 0. The third kappa shape index (κ3) is 3.00. The fourth-order valence-electron chi connectivity index (χ4n) is 0.305. The van der Waals surface area contributed by atoms with E-state index in [1.807, 2.05) is 0 Å². The van der Waals surface area contributed by atoms with Crippen LogP contribution < -0.4 is 0 Å². The van der Waals surface area contributed by atoms with Gasteiger partial charge in [0.05, 0.1) is 14.2 Å². The van der Waals surface area contributed by atoms with Crippen LogP contribution in [0.5, 0.6) is 0 Å². The molecule has 0 heterocycles. The Bertz CT molecular complexity index is 76.2. The van der Waals surface area contributed by atoms with E-state index in [4.69, 9.17) is 0 Å². The SMILES string of the molecule is COCS(F)(OC)OC. The fourth-order valence-corrected chi connectivity index (χ4v) is 0.915. The van der Waals surface area contributed by atoms with Gasteiger partial charge in [0.1, 0.15) is 0 Å². The van der Waals surface area contributed by atoms with Gasteiger partial charge in [-0.1, -0.05) is 3.89 Å². The van der Waals surface area contributed by atoms with E-state index < -0.39 is 11.0 Å². The first-order chi connectivity index (χ1) is 4.18. The topological polar surface area (TPSA) is 27.7 Å². The molecule has 0 bridgehead atoms. The predicted octanol–water partition coefficient (Wildman–Crippen LogP) is 1.40. The molecule has 0 aliphatic rings. The van der Waals surface area contributed by atoms with E-state index in [1.165, 1.54) is 21.3 Å². The third-order valence-corrected chi connectivity index (χ3v) is 2.27. The quantitative estimate of drug-likeness (QED) is 0.619. The van der Waals surface area contributed by atoms with Crippen molar-refractivity contribution in [1.82, 2.24) is 0 Å². The Morgan fingerprint density at radius 2 is 1.67 bits per heavy atom. The highest BCUT2D eigenvalue weighted by molar-refractivity contribution is 8.21. The smallest absolute Gasteiger partial charge is 0.166 e. The lowest BCUT2D eigenvalue weighted by atomic mass is 11.5. The molecule has 0 spiro atoms. The summed E-state index contributed by atoms with van der Waals surface area (Å²) < 4.78 is 26.1. The summed E-state index contributed by atoms with van der Waals surface area (Å²) in [6.45, 7) is 0. The second-order valence-electron chi connectivity index (χ2n) is 1.28. The summed E-state index contributed by atoms with van der Waals surface area (Å²) in [7, 11) is 0.997. The molecule has 0 unspecified atom stereocenters. The highest BCUT2D eigenvalue weighted by Crippen LogP contribution is 2.49. The highest BCUT2D eigenvalue weighted by Gasteiger charge is 2.15. The molecule has 9 heavy (non-hydrogen) atoms. The van der Waals surface area contributed by atoms with E-state index >= 15 is 0 Å². The number of rotatable bonds is 4. The van der Waals surface area contributed by atoms with Gasteiger partial charge in [0.15, 0.2) is 5.94 Å². The third-order valence-electron chi connectivity index (χ3n) is 0.756. The van der Waals surface area contributed by atoms with Gasteiger partial charge in [-0.05, 0) is 11.0 Å². The number of halogens is 1. The molecule has 5 heteroatoms. The summed E-state index contributed by atoms with van der Waals surface area (Å²) >= 11 is 0. The van der Waals surface area contributed by atoms with Gasteiger partial charge in [-0.3, -0.25) is 8.37 Å². The number of ether oxygens (including phenoxy) is 1. The van der Waals surface area contributed by atoms with Crippen LogP contribution in [-0.2, 0) is 13.1 Å². The Labute approximate surface area is 56.1 Å². The molecule has 58 valence electrons. The van der Waals surface area contributed by atoms with Crippen LogP contribution in [0.1, 0.15) is 0 Å². The molecule has 0 fully saturated rings. The molecule has 0 radical (unpaired) electrons. The first kappa shape index (κ1) is 9.16. The maximum atomic E-state index is 12.8. The van der Waals surface area contributed by atoms with Gasteiger partial charge in [0.25, 0.3) is 0 Å². The minimum atomic E-state index is -2.89. The van der Waals surface area contributed by atoms with Crippen LogP contribution in [0.2, 0.25) is 0 Å². The van der Waals surface area contributed by atoms with E-state index in [2.05, 4.69) is 13.1 Å². The standard InChI is InChI=1S/C4H11FO3S/c1-6-4-9(5,7-2)8-3/h4H2,1-3H3. The molecule has 0 saturated carbocycles. The Hall–Kier alpha value is 0.160. The molecule has 0 amide bonds. The number of methoxy groups -OCH3 is 1. The molecule has 0 aliphatic carbocycles. The van der Waals surface area contributed by atoms with Crippen molar-refractivity contribution >= 4 is 11.0 Å². The van der Waals surface area contributed by atoms with Crippen molar-refractivity contribution in [2.45, 2.75) is 0 Å². The summed E-state index contributed by atoms with van der Waals surface area (Å²) in [6.07, 6.45) is 0. The van der Waals surface area contributed by atoms with Crippen molar-refractivity contribution < 1.29 is 17.0 Å². The van der Waals surface area contributed by atoms with Crippen LogP contribution in [0.25, 0.3) is 0 Å². The Balaban J connectivity index is 3.62. The Morgan fingerprint density at radius 1 is 1.22 bits per heavy atom. The molecule has 0 saturated heterocycles. The zero-order valence-corrected chi connectivity index (χ0v) is 6.53. The summed E-state index contributed by atoms with van der Waals surface area (Å²) in [5, 5.41) is 0. The first-order valence-corrected chi connectivity index (χ1v) is 3.84. The molecule has 0 aliphatic heterocycles. The van der Waals surface area contributed by atoms with Crippen LogP contribution in [-0.4, -0.2) is 27.3 Å². The van der Waals surface area contributed by atoms with Crippen molar-refractivity contribution in [1.29, 1.82) is 0 Å². The average Bonchev–Trinajstić information content (AvgIpc) is 1.89. The van der Waals surface area contributed by atoms with Crippen molar-refractivity contribution in [2.24, 2.45) is 0 Å². The van der Waals surface area contributed by atoms with Crippen LogP contribution in [0.4, 0.5) is 3.89 Å². The van der Waals surface area contributed by atoms with Gasteiger partial charge >= 0.3 is 0 Å². The molecular formula is C4H11FO3S. The van der Waals surface area contributed by atoms with Crippen LogP contribution in [0, 0.1) is 0 Å². The maximum absolute atomic E-state index is 12.8. The summed E-state index contributed by atoms with van der Waals surface area (Å²) in [5.74, 6) is -0.139. The summed E-state index contributed by atoms with van der Waals surface area (Å²) in [6, 6.07) is 0. The van der Waals surface area contributed by atoms with Crippen molar-refractivity contribution in [3.8, 4) is 0 Å². The second-order valence-corrected chi connectivity index (χ2v) is 3.26. The molecule has 3 nitrogen and oxygen atoms in total. The van der Waals surface area contributed by atoms with E-state index in [0.29, 0.717) is 0 Å². The Morgan fingerprint density at radius 3 is 1.78 bits per heavy atom. The van der Waals surface area contributed by atoms with Gasteiger partial charge in [-0.15, -0.1) is 0 Å². The van der Waals surface area contributed by atoms with Gasteiger partial charge < -0.3 is 4.74 Å². The average molecular weight is 158 g/mol. The molecular weight excluding hydrogens is 147 g/mol. The van der Waals surface area contributed by atoms with Gasteiger partial charge in [-0.2, -0.15) is 0 Å². The zero-order chi connectivity index (χ0) is 7.33. The van der Waals surface area contributed by atoms with Gasteiger partial charge in [-0.25, -0.2) is 0 Å². The lowest BCUT2D eigenvalue weighted by Gasteiger charge is -2.28. The van der Waals surface area contributed by atoms with Crippen LogP contribution >= 0.6 is 11.0 Å². The predicted molar refractivity (Wildman–Crippen MR) is 34.6 cm³/mol. The highest BCUT2D eigenvalue weighted by atomic mass is 32.3. The molecule has 0 aromatic carbocycles. The lowest BCUT2D eigenvalue weighted by molar-refractivity contribution is 0.210. The zero-order valence-electron chi connectivity index (χ0n) is 5.72. The largest absolute Gasteiger partial charge is 0.362 e. The maximum Gasteiger partial charge on any atom is 0.166 e. The second kappa shape index (κ2) is 4.05. The Kier molecular flexibility index (Phi) is 4.12. The van der Waals surface area contributed by atoms with Crippen molar-refractivity contribution in [3.05, 3.63) is 0 Å². The molecule has 0 rings (SSSR count). The lowest BCUT2D eigenvalue weighted by Crippen LogP contribution is -2.04. The van der Waals surface area contributed by atoms with Crippen LogP contribution in [0.3, 0.4) is 0 Å². The molecule has 0 N–H and O–H groups in total. The first-order valence-electron chi connectivity index (χ1n) is 2.29. The van der Waals surface area contributed by atoms with E-state index in [1.54, 1.807) is 0 Å². The molecule has 0 aromatic rings. The van der Waals surface area contributed by atoms with Crippen molar-refractivity contribution in [3.63, 3.8) is 0 Å². The number of hydrogen-bond acceptors (Lipinski definition) is 3. The fraction of sp³-hybridized carbons (Fsp3) is 1.00. The number of hydrogen-bond donors (Lipinski definition) is 0. The van der Waals surface area contributed by atoms with Crippen molar-refractivity contribution in [2.75, 3.05) is 27.3 Å². The summed E-state index contributed by atoms with van der Waals surface area (Å²) in [4.78, 5) is 0. The molecule has 0 aromatic heterocycles. The molecule has 0 atom stereocenters. The van der Waals surface area contributed by atoms with E-state index in [-0.39, 0.29) is 5.94 Å². The normalized spacial score (nSPS) is 13.8. The van der Waals surface area contributed by atoms with E-state index in [9.17, 15) is 3.89 Å². The van der Waals surface area contributed by atoms with Gasteiger partial charge in [0.2, 0.25) is 0 Å². The monoisotopic (exact) mass is 158 g/mol. The minimum absolute atomic E-state index is 0.139. The van der Waals surface area contributed by atoms with Gasteiger partial charge in [0, 0.05) is 7.11 Å². The van der Waals surface area contributed by atoms with E-state index in [0.717, 1.165) is 0 Å².